The van der Waals surface area contributed by atoms with E-state index in [1.165, 1.54) is 24.0 Å². The molecular formula is C25H31N3O. The summed E-state index contributed by atoms with van der Waals surface area (Å²) in [5.74, 6) is 2.70. The Balaban J connectivity index is 1.42. The summed E-state index contributed by atoms with van der Waals surface area (Å²) >= 11 is 0. The van der Waals surface area contributed by atoms with Crippen molar-refractivity contribution in [2.45, 2.75) is 59.0 Å². The third kappa shape index (κ3) is 4.76. The molecule has 0 saturated heterocycles. The zero-order valence-corrected chi connectivity index (χ0v) is 17.9. The Morgan fingerprint density at radius 2 is 1.62 bits per heavy atom. The minimum Gasteiger partial charge on any atom is -0.334 e. The molecule has 4 rings (SSSR count). The Bertz CT molecular complexity index is 921. The van der Waals surface area contributed by atoms with Gasteiger partial charge in [-0.1, -0.05) is 62.3 Å². The van der Waals surface area contributed by atoms with Crippen LogP contribution < -0.4 is 5.32 Å². The average Bonchev–Trinajstić information content (AvgIpc) is 3.17. The molecule has 1 heterocycles. The molecule has 2 aromatic carbocycles. The van der Waals surface area contributed by atoms with Crippen molar-refractivity contribution in [3.63, 3.8) is 0 Å². The lowest BCUT2D eigenvalue weighted by Crippen LogP contribution is -2.41. The van der Waals surface area contributed by atoms with Crippen LogP contribution in [0.2, 0.25) is 0 Å². The number of nitrogens with one attached hydrogen (secondary N) is 1. The summed E-state index contributed by atoms with van der Waals surface area (Å²) < 4.78 is 5.52. The molecule has 1 aliphatic carbocycles. The van der Waals surface area contributed by atoms with Crippen molar-refractivity contribution in [1.29, 1.82) is 0 Å². The number of aromatic nitrogens is 2. The lowest BCUT2D eigenvalue weighted by Gasteiger charge is -2.35. The van der Waals surface area contributed by atoms with Gasteiger partial charge < -0.3 is 9.84 Å². The summed E-state index contributed by atoms with van der Waals surface area (Å²) in [4.78, 5) is 4.60. The molecule has 0 aliphatic heterocycles. The van der Waals surface area contributed by atoms with E-state index in [0.717, 1.165) is 23.5 Å². The van der Waals surface area contributed by atoms with E-state index in [1.54, 1.807) is 0 Å². The SMILES string of the molecule is CC(C)Cc1ccc(-c2nc(-c3ccc([C@H](C)NC4CC(C)C4)cc3)no2)cc1. The molecule has 0 bridgehead atoms. The van der Waals surface area contributed by atoms with Gasteiger partial charge in [0.05, 0.1) is 0 Å². The van der Waals surface area contributed by atoms with Gasteiger partial charge in [-0.2, -0.15) is 4.98 Å². The van der Waals surface area contributed by atoms with Crippen molar-refractivity contribution < 1.29 is 4.52 Å². The van der Waals surface area contributed by atoms with Crippen LogP contribution in [-0.4, -0.2) is 16.2 Å². The molecule has 4 heteroatoms. The molecule has 4 nitrogen and oxygen atoms in total. The van der Waals surface area contributed by atoms with Crippen LogP contribution in [0.25, 0.3) is 22.8 Å². The Hall–Kier alpha value is -2.46. The highest BCUT2D eigenvalue weighted by Crippen LogP contribution is 2.29. The largest absolute Gasteiger partial charge is 0.334 e. The van der Waals surface area contributed by atoms with Crippen LogP contribution >= 0.6 is 0 Å². The van der Waals surface area contributed by atoms with Crippen molar-refractivity contribution in [2.75, 3.05) is 0 Å². The van der Waals surface area contributed by atoms with E-state index in [0.29, 0.717) is 29.7 Å². The van der Waals surface area contributed by atoms with Crippen LogP contribution in [0.3, 0.4) is 0 Å². The van der Waals surface area contributed by atoms with Gasteiger partial charge in [0.25, 0.3) is 5.89 Å². The highest BCUT2D eigenvalue weighted by molar-refractivity contribution is 5.60. The van der Waals surface area contributed by atoms with Crippen LogP contribution in [0.5, 0.6) is 0 Å². The zero-order valence-electron chi connectivity index (χ0n) is 17.9. The zero-order chi connectivity index (χ0) is 20.4. The molecule has 1 aliphatic rings. The molecule has 29 heavy (non-hydrogen) atoms. The van der Waals surface area contributed by atoms with Crippen molar-refractivity contribution in [3.05, 3.63) is 59.7 Å². The first-order valence-electron chi connectivity index (χ1n) is 10.8. The van der Waals surface area contributed by atoms with E-state index in [9.17, 15) is 0 Å². The van der Waals surface area contributed by atoms with Crippen LogP contribution in [0.1, 0.15) is 57.7 Å². The first-order chi connectivity index (χ1) is 14.0. The molecule has 0 amide bonds. The highest BCUT2D eigenvalue weighted by atomic mass is 16.5. The van der Waals surface area contributed by atoms with E-state index < -0.39 is 0 Å². The summed E-state index contributed by atoms with van der Waals surface area (Å²) in [6, 6.07) is 17.9. The summed E-state index contributed by atoms with van der Waals surface area (Å²) in [6.07, 6.45) is 3.65. The first-order valence-corrected chi connectivity index (χ1v) is 10.8. The summed E-state index contributed by atoms with van der Waals surface area (Å²) in [6.45, 7) is 9.01. The Morgan fingerprint density at radius 3 is 2.24 bits per heavy atom. The third-order valence-corrected chi connectivity index (χ3v) is 5.80. The summed E-state index contributed by atoms with van der Waals surface area (Å²) in [5, 5.41) is 7.90. The van der Waals surface area contributed by atoms with E-state index in [-0.39, 0.29) is 0 Å². The number of rotatable bonds is 7. The maximum absolute atomic E-state index is 5.52. The van der Waals surface area contributed by atoms with Crippen molar-refractivity contribution >= 4 is 0 Å². The third-order valence-electron chi connectivity index (χ3n) is 5.80. The van der Waals surface area contributed by atoms with Gasteiger partial charge in [-0.3, -0.25) is 0 Å². The monoisotopic (exact) mass is 389 g/mol. The maximum Gasteiger partial charge on any atom is 0.258 e. The predicted molar refractivity (Wildman–Crippen MR) is 117 cm³/mol. The Kier molecular flexibility index (Phi) is 5.81. The van der Waals surface area contributed by atoms with Gasteiger partial charge >= 0.3 is 0 Å². The highest BCUT2D eigenvalue weighted by Gasteiger charge is 2.26. The smallest absolute Gasteiger partial charge is 0.258 e. The summed E-state index contributed by atoms with van der Waals surface area (Å²) in [7, 11) is 0. The number of nitrogens with zero attached hydrogens (tertiary/aromatic N) is 2. The normalized spacial score (nSPS) is 19.9. The molecule has 152 valence electrons. The van der Waals surface area contributed by atoms with E-state index in [1.807, 2.05) is 0 Å². The fourth-order valence-corrected chi connectivity index (χ4v) is 4.12. The lowest BCUT2D eigenvalue weighted by molar-refractivity contribution is 0.226. The minimum absolute atomic E-state index is 0.353. The van der Waals surface area contributed by atoms with Crippen LogP contribution in [0.4, 0.5) is 0 Å². The molecule has 1 saturated carbocycles. The van der Waals surface area contributed by atoms with Gasteiger partial charge in [-0.15, -0.1) is 0 Å². The molecule has 3 aromatic rings. The van der Waals surface area contributed by atoms with Crippen molar-refractivity contribution in [3.8, 4) is 22.8 Å². The molecule has 1 fully saturated rings. The van der Waals surface area contributed by atoms with E-state index in [4.69, 9.17) is 4.52 Å². The lowest BCUT2D eigenvalue weighted by atomic mass is 9.81. The molecule has 1 aromatic heterocycles. The minimum atomic E-state index is 0.353. The second-order valence-electron chi connectivity index (χ2n) is 9.00. The van der Waals surface area contributed by atoms with Crippen molar-refractivity contribution in [1.82, 2.24) is 15.5 Å². The topological polar surface area (TPSA) is 51.0 Å². The fraction of sp³-hybridized carbons (Fsp3) is 0.440. The second kappa shape index (κ2) is 8.50. The summed E-state index contributed by atoms with van der Waals surface area (Å²) in [5.41, 5.74) is 4.56. The Morgan fingerprint density at radius 1 is 0.966 bits per heavy atom. The van der Waals surface area contributed by atoms with Gasteiger partial charge in [-0.25, -0.2) is 0 Å². The molecule has 1 atom stereocenters. The van der Waals surface area contributed by atoms with Gasteiger partial charge in [-0.05, 0) is 61.3 Å². The molecule has 0 radical (unpaired) electrons. The first kappa shape index (κ1) is 19.8. The van der Waals surface area contributed by atoms with Crippen molar-refractivity contribution in [2.24, 2.45) is 11.8 Å². The van der Waals surface area contributed by atoms with Gasteiger partial charge in [0.15, 0.2) is 0 Å². The van der Waals surface area contributed by atoms with Crippen LogP contribution in [0.15, 0.2) is 53.1 Å². The number of benzene rings is 2. The van der Waals surface area contributed by atoms with Gasteiger partial charge in [0, 0.05) is 23.2 Å². The van der Waals surface area contributed by atoms with Crippen LogP contribution in [0, 0.1) is 11.8 Å². The second-order valence-corrected chi connectivity index (χ2v) is 9.00. The van der Waals surface area contributed by atoms with E-state index in [2.05, 4.69) is 91.7 Å². The number of hydrogen-bond acceptors (Lipinski definition) is 4. The van der Waals surface area contributed by atoms with Gasteiger partial charge in [0.2, 0.25) is 5.82 Å². The predicted octanol–water partition coefficient (Wildman–Crippen LogP) is 6.05. The molecular weight excluding hydrogens is 358 g/mol. The molecule has 0 spiro atoms. The van der Waals surface area contributed by atoms with E-state index >= 15 is 0 Å². The molecule has 0 unspecified atom stereocenters. The maximum atomic E-state index is 5.52. The average molecular weight is 390 g/mol. The fourth-order valence-electron chi connectivity index (χ4n) is 4.12. The number of hydrogen-bond donors (Lipinski definition) is 1. The van der Waals surface area contributed by atoms with Crippen LogP contribution in [-0.2, 0) is 6.42 Å². The molecule has 1 N–H and O–H groups in total. The Labute approximate surface area is 173 Å². The quantitative estimate of drug-likeness (QED) is 0.534. The van der Waals surface area contributed by atoms with Gasteiger partial charge in [0.1, 0.15) is 0 Å². The standard InChI is InChI=1S/C25H31N3O/c1-16(2)13-19-5-7-22(8-6-19)25-27-24(28-29-25)21-11-9-20(10-12-21)18(4)26-23-14-17(3)15-23/h5-12,16-18,23,26H,13-15H2,1-4H3/t17?,18-,23?/m0/s1.